The van der Waals surface area contributed by atoms with Crippen LogP contribution in [-0.4, -0.2) is 48.2 Å². The standard InChI is InChI=1S/C20H22FN5O3S3/c1-12-9-10-14(32(28,29)26(3)4)11-17(12)22-18(27)13(2)30-20-25-24-19(31-20)23-16-8-6-5-7-15(16)21/h5-11,13H,1-4H3,(H,22,27)(H,23,24). The lowest BCUT2D eigenvalue weighted by atomic mass is 10.2. The van der Waals surface area contributed by atoms with E-state index in [0.717, 1.165) is 9.87 Å². The largest absolute Gasteiger partial charge is 0.328 e. The van der Waals surface area contributed by atoms with Crippen molar-refractivity contribution in [2.75, 3.05) is 24.7 Å². The highest BCUT2D eigenvalue weighted by atomic mass is 32.2. The highest BCUT2D eigenvalue weighted by Gasteiger charge is 2.21. The smallest absolute Gasteiger partial charge is 0.242 e. The summed E-state index contributed by atoms with van der Waals surface area (Å²) < 4.78 is 40.2. The van der Waals surface area contributed by atoms with Crippen molar-refractivity contribution in [1.29, 1.82) is 0 Å². The van der Waals surface area contributed by atoms with Crippen molar-refractivity contribution in [3.63, 3.8) is 0 Å². The molecule has 0 aliphatic rings. The molecule has 0 aliphatic heterocycles. The minimum atomic E-state index is -3.62. The SMILES string of the molecule is Cc1ccc(S(=O)(=O)N(C)C)cc1NC(=O)C(C)Sc1nnc(Nc2ccccc2F)s1. The highest BCUT2D eigenvalue weighted by Crippen LogP contribution is 2.32. The predicted molar refractivity (Wildman–Crippen MR) is 126 cm³/mol. The van der Waals surface area contributed by atoms with Crippen LogP contribution >= 0.6 is 23.1 Å². The molecule has 0 saturated carbocycles. The van der Waals surface area contributed by atoms with Crippen molar-refractivity contribution in [1.82, 2.24) is 14.5 Å². The van der Waals surface area contributed by atoms with Crippen molar-refractivity contribution < 1.29 is 17.6 Å². The number of thioether (sulfide) groups is 1. The summed E-state index contributed by atoms with van der Waals surface area (Å²) in [4.78, 5) is 12.8. The van der Waals surface area contributed by atoms with Crippen molar-refractivity contribution in [2.45, 2.75) is 28.3 Å². The summed E-state index contributed by atoms with van der Waals surface area (Å²) in [7, 11) is -0.724. The van der Waals surface area contributed by atoms with Crippen molar-refractivity contribution in [3.05, 3.63) is 53.8 Å². The molecule has 32 heavy (non-hydrogen) atoms. The second-order valence-corrected chi connectivity index (χ2v) is 11.7. The number of nitrogens with zero attached hydrogens (tertiary/aromatic N) is 3. The van der Waals surface area contributed by atoms with E-state index in [4.69, 9.17) is 0 Å². The van der Waals surface area contributed by atoms with Crippen LogP contribution in [0.15, 0.2) is 51.7 Å². The summed E-state index contributed by atoms with van der Waals surface area (Å²) in [5.74, 6) is -0.713. The van der Waals surface area contributed by atoms with E-state index in [1.807, 2.05) is 0 Å². The lowest BCUT2D eigenvalue weighted by Crippen LogP contribution is -2.24. The fourth-order valence-electron chi connectivity index (χ4n) is 2.53. The van der Waals surface area contributed by atoms with E-state index in [2.05, 4.69) is 20.8 Å². The minimum absolute atomic E-state index is 0.0942. The van der Waals surface area contributed by atoms with Gasteiger partial charge in [-0.3, -0.25) is 4.79 Å². The zero-order valence-corrected chi connectivity index (χ0v) is 20.2. The molecule has 12 heteroatoms. The number of sulfonamides is 1. The number of aromatic nitrogens is 2. The molecule has 0 spiro atoms. The summed E-state index contributed by atoms with van der Waals surface area (Å²) in [6.45, 7) is 3.49. The molecule has 0 fully saturated rings. The van der Waals surface area contributed by atoms with Gasteiger partial charge in [0.25, 0.3) is 0 Å². The summed E-state index contributed by atoms with van der Waals surface area (Å²) in [5.41, 5.74) is 1.44. The quantitative estimate of drug-likeness (QED) is 0.454. The molecule has 0 aliphatic carbocycles. The zero-order chi connectivity index (χ0) is 23.5. The fourth-order valence-corrected chi connectivity index (χ4v) is 5.37. The Hall–Kier alpha value is -2.54. The van der Waals surface area contributed by atoms with Gasteiger partial charge in [-0.05, 0) is 43.7 Å². The van der Waals surface area contributed by atoms with Gasteiger partial charge in [0.2, 0.25) is 21.1 Å². The Morgan fingerprint density at radius 2 is 1.88 bits per heavy atom. The fraction of sp³-hybridized carbons (Fsp3) is 0.250. The number of carbonyl (C=O) groups excluding carboxylic acids is 1. The van der Waals surface area contributed by atoms with Gasteiger partial charge in [-0.1, -0.05) is 41.3 Å². The van der Waals surface area contributed by atoms with Gasteiger partial charge in [0, 0.05) is 19.8 Å². The van der Waals surface area contributed by atoms with Crippen LogP contribution in [0.2, 0.25) is 0 Å². The van der Waals surface area contributed by atoms with E-state index >= 15 is 0 Å². The molecule has 2 aromatic carbocycles. The Morgan fingerprint density at radius 1 is 1.16 bits per heavy atom. The van der Waals surface area contributed by atoms with Crippen LogP contribution < -0.4 is 10.6 Å². The first-order valence-electron chi connectivity index (χ1n) is 9.43. The summed E-state index contributed by atoms with van der Waals surface area (Å²) in [5, 5.41) is 13.5. The van der Waals surface area contributed by atoms with Crippen LogP contribution in [0.4, 0.5) is 20.9 Å². The number of anilines is 3. The number of aryl methyl sites for hydroxylation is 1. The van der Waals surface area contributed by atoms with E-state index in [9.17, 15) is 17.6 Å². The van der Waals surface area contributed by atoms with Gasteiger partial charge in [0.15, 0.2) is 4.34 Å². The predicted octanol–water partition coefficient (Wildman–Crippen LogP) is 4.10. The molecule has 3 aromatic rings. The van der Waals surface area contributed by atoms with Gasteiger partial charge in [-0.2, -0.15) is 0 Å². The second-order valence-electron chi connectivity index (χ2n) is 6.99. The molecule has 8 nitrogen and oxygen atoms in total. The summed E-state index contributed by atoms with van der Waals surface area (Å²) >= 11 is 2.40. The third kappa shape index (κ3) is 5.63. The average Bonchev–Trinajstić information content (AvgIpc) is 3.17. The molecule has 3 rings (SSSR count). The first kappa shape index (κ1) is 24.1. The average molecular weight is 496 g/mol. The van der Waals surface area contributed by atoms with E-state index in [0.29, 0.717) is 15.2 Å². The summed E-state index contributed by atoms with van der Waals surface area (Å²) in [6, 6.07) is 10.8. The number of benzene rings is 2. The monoisotopic (exact) mass is 495 g/mol. The second kappa shape index (κ2) is 9.94. The normalized spacial score (nSPS) is 12.6. The number of nitrogens with one attached hydrogen (secondary N) is 2. The third-order valence-corrected chi connectivity index (χ3v) is 8.25. The molecule has 1 amide bonds. The van der Waals surface area contributed by atoms with Gasteiger partial charge in [-0.25, -0.2) is 17.1 Å². The molecule has 0 bridgehead atoms. The van der Waals surface area contributed by atoms with Crippen LogP contribution in [0.3, 0.4) is 0 Å². The maximum Gasteiger partial charge on any atom is 0.242 e. The number of carbonyl (C=O) groups is 1. The summed E-state index contributed by atoms with van der Waals surface area (Å²) in [6.07, 6.45) is 0. The Labute approximate surface area is 194 Å². The van der Waals surface area contributed by atoms with E-state index in [1.54, 1.807) is 38.1 Å². The van der Waals surface area contributed by atoms with Gasteiger partial charge >= 0.3 is 0 Å². The first-order chi connectivity index (χ1) is 15.1. The number of halogens is 1. The maximum atomic E-state index is 13.8. The Morgan fingerprint density at radius 3 is 2.56 bits per heavy atom. The molecule has 1 aromatic heterocycles. The van der Waals surface area contributed by atoms with Crippen molar-refractivity contribution in [2.24, 2.45) is 0 Å². The van der Waals surface area contributed by atoms with Gasteiger partial charge in [0.05, 0.1) is 15.8 Å². The number of rotatable bonds is 8. The van der Waals surface area contributed by atoms with Crippen LogP contribution in [0.5, 0.6) is 0 Å². The minimum Gasteiger partial charge on any atom is -0.328 e. The van der Waals surface area contributed by atoms with Crippen LogP contribution in [0, 0.1) is 12.7 Å². The molecule has 170 valence electrons. The van der Waals surface area contributed by atoms with Crippen LogP contribution in [0.25, 0.3) is 0 Å². The number of hydrogen-bond acceptors (Lipinski definition) is 8. The van der Waals surface area contributed by atoms with Gasteiger partial charge in [-0.15, -0.1) is 10.2 Å². The number of para-hydroxylation sites is 1. The third-order valence-electron chi connectivity index (χ3n) is 4.41. The lowest BCUT2D eigenvalue weighted by molar-refractivity contribution is -0.115. The molecule has 0 saturated heterocycles. The first-order valence-corrected chi connectivity index (χ1v) is 12.6. The molecule has 2 N–H and O–H groups in total. The van der Waals surface area contributed by atoms with Crippen molar-refractivity contribution in [3.8, 4) is 0 Å². The molecular weight excluding hydrogens is 473 g/mol. The van der Waals surface area contributed by atoms with E-state index < -0.39 is 21.1 Å². The molecule has 0 radical (unpaired) electrons. The molecule has 1 atom stereocenters. The van der Waals surface area contributed by atoms with Crippen molar-refractivity contribution >= 4 is 55.5 Å². The van der Waals surface area contributed by atoms with Crippen LogP contribution in [0.1, 0.15) is 12.5 Å². The molecular formula is C20H22FN5O3S3. The van der Waals surface area contributed by atoms with Gasteiger partial charge in [0.1, 0.15) is 5.82 Å². The number of hydrogen-bond donors (Lipinski definition) is 2. The van der Waals surface area contributed by atoms with Crippen LogP contribution in [-0.2, 0) is 14.8 Å². The Kier molecular flexibility index (Phi) is 7.49. The Bertz CT molecular complexity index is 1230. The highest BCUT2D eigenvalue weighted by molar-refractivity contribution is 8.02. The number of amides is 1. The van der Waals surface area contributed by atoms with Gasteiger partial charge < -0.3 is 10.6 Å². The Balaban J connectivity index is 1.67. The van der Waals surface area contributed by atoms with E-state index in [-0.39, 0.29) is 16.5 Å². The maximum absolute atomic E-state index is 13.8. The molecule has 1 heterocycles. The lowest BCUT2D eigenvalue weighted by Gasteiger charge is -2.15. The molecule has 1 unspecified atom stereocenters. The topological polar surface area (TPSA) is 104 Å². The zero-order valence-electron chi connectivity index (χ0n) is 17.8. The van der Waals surface area contributed by atoms with E-state index in [1.165, 1.54) is 55.4 Å².